The molecule has 24 heavy (non-hydrogen) atoms. The van der Waals surface area contributed by atoms with Crippen molar-refractivity contribution in [2.24, 2.45) is 0 Å². The van der Waals surface area contributed by atoms with E-state index in [2.05, 4.69) is 15.3 Å². The predicted molar refractivity (Wildman–Crippen MR) is 87.0 cm³/mol. The van der Waals surface area contributed by atoms with Gasteiger partial charge in [0, 0.05) is 26.0 Å². The van der Waals surface area contributed by atoms with Crippen molar-refractivity contribution in [3.05, 3.63) is 53.7 Å². The molecule has 0 spiro atoms. The molecule has 2 heterocycles. The third kappa shape index (κ3) is 3.68. The number of halogens is 1. The first-order chi connectivity index (χ1) is 11.7. The normalized spacial score (nSPS) is 17.6. The highest BCUT2D eigenvalue weighted by atomic mass is 19.1. The Bertz CT molecular complexity index is 725. The second-order valence-corrected chi connectivity index (χ2v) is 5.55. The summed E-state index contributed by atoms with van der Waals surface area (Å²) in [6, 6.07) is 6.11. The van der Waals surface area contributed by atoms with Gasteiger partial charge in [0.2, 0.25) is 5.91 Å². The summed E-state index contributed by atoms with van der Waals surface area (Å²) in [7, 11) is 1.77. The first-order valence-corrected chi connectivity index (χ1v) is 7.80. The topological polar surface area (TPSA) is 67.4 Å². The fourth-order valence-electron chi connectivity index (χ4n) is 2.75. The standard InChI is InChI=1S/C17H19FN4O2/c1-19-17-16(20-5-6-21-17)14-11-22(7-8-24-14)15(23)10-12-3-2-4-13(18)9-12/h2-6,9,14H,7-8,10-11H2,1H3,(H,19,21)/t14-/m0/s1. The average Bonchev–Trinajstić information content (AvgIpc) is 2.62. The summed E-state index contributed by atoms with van der Waals surface area (Å²) in [5.74, 6) is 0.254. The fraction of sp³-hybridized carbons (Fsp3) is 0.353. The molecule has 2 aromatic rings. The van der Waals surface area contributed by atoms with Crippen molar-refractivity contribution < 1.29 is 13.9 Å². The Kier molecular flexibility index (Phi) is 5.00. The van der Waals surface area contributed by atoms with Gasteiger partial charge in [-0.1, -0.05) is 12.1 Å². The molecule has 1 N–H and O–H groups in total. The van der Waals surface area contributed by atoms with Gasteiger partial charge >= 0.3 is 0 Å². The molecular formula is C17H19FN4O2. The number of nitrogens with one attached hydrogen (secondary N) is 1. The van der Waals surface area contributed by atoms with Crippen LogP contribution >= 0.6 is 0 Å². The molecule has 126 valence electrons. The molecule has 6 nitrogen and oxygen atoms in total. The van der Waals surface area contributed by atoms with Crippen molar-refractivity contribution in [1.82, 2.24) is 14.9 Å². The number of morpholine rings is 1. The first-order valence-electron chi connectivity index (χ1n) is 7.80. The van der Waals surface area contributed by atoms with E-state index in [-0.39, 0.29) is 24.2 Å². The monoisotopic (exact) mass is 330 g/mol. The van der Waals surface area contributed by atoms with Crippen LogP contribution < -0.4 is 5.32 Å². The van der Waals surface area contributed by atoms with Gasteiger partial charge in [0.25, 0.3) is 0 Å². The maximum Gasteiger partial charge on any atom is 0.227 e. The molecular weight excluding hydrogens is 311 g/mol. The third-order valence-corrected chi connectivity index (χ3v) is 3.93. The van der Waals surface area contributed by atoms with Crippen LogP contribution in [0.4, 0.5) is 10.2 Å². The minimum absolute atomic E-state index is 0.0520. The minimum atomic E-state index is -0.335. The highest BCUT2D eigenvalue weighted by Crippen LogP contribution is 2.25. The van der Waals surface area contributed by atoms with Crippen LogP contribution in [0.25, 0.3) is 0 Å². The van der Waals surface area contributed by atoms with E-state index in [0.29, 0.717) is 36.8 Å². The van der Waals surface area contributed by atoms with Crippen molar-refractivity contribution in [1.29, 1.82) is 0 Å². The Hall–Kier alpha value is -2.54. The molecule has 1 aliphatic heterocycles. The Labute approximate surface area is 139 Å². The fourth-order valence-corrected chi connectivity index (χ4v) is 2.75. The van der Waals surface area contributed by atoms with E-state index in [9.17, 15) is 9.18 Å². The molecule has 1 aromatic heterocycles. The van der Waals surface area contributed by atoms with Gasteiger partial charge in [0.15, 0.2) is 0 Å². The molecule has 3 rings (SSSR count). The number of amides is 1. The van der Waals surface area contributed by atoms with Crippen LogP contribution in [0.15, 0.2) is 36.7 Å². The van der Waals surface area contributed by atoms with Crippen LogP contribution in [0.5, 0.6) is 0 Å². The minimum Gasteiger partial charge on any atom is -0.372 e. The summed E-state index contributed by atoms with van der Waals surface area (Å²) in [5, 5.41) is 2.98. The molecule has 1 aliphatic rings. The van der Waals surface area contributed by atoms with Crippen LogP contribution in [0, 0.1) is 5.82 Å². The van der Waals surface area contributed by atoms with Crippen molar-refractivity contribution in [2.45, 2.75) is 12.5 Å². The Morgan fingerprint density at radius 1 is 1.42 bits per heavy atom. The lowest BCUT2D eigenvalue weighted by atomic mass is 10.1. The lowest BCUT2D eigenvalue weighted by Crippen LogP contribution is -2.43. The number of ether oxygens (including phenoxy) is 1. The number of rotatable bonds is 4. The molecule has 0 saturated carbocycles. The van der Waals surface area contributed by atoms with Crippen LogP contribution in [-0.2, 0) is 16.0 Å². The summed E-state index contributed by atoms with van der Waals surface area (Å²) < 4.78 is 19.0. The van der Waals surface area contributed by atoms with Gasteiger partial charge in [0.1, 0.15) is 23.4 Å². The van der Waals surface area contributed by atoms with Gasteiger partial charge in [-0.3, -0.25) is 9.78 Å². The van der Waals surface area contributed by atoms with Crippen LogP contribution in [0.2, 0.25) is 0 Å². The van der Waals surface area contributed by atoms with Crippen LogP contribution in [-0.4, -0.2) is 47.5 Å². The van der Waals surface area contributed by atoms with Gasteiger partial charge in [0.05, 0.1) is 19.6 Å². The van der Waals surface area contributed by atoms with E-state index >= 15 is 0 Å². The second kappa shape index (κ2) is 7.35. The third-order valence-electron chi connectivity index (χ3n) is 3.93. The summed E-state index contributed by atoms with van der Waals surface area (Å²) in [6.07, 6.45) is 3.05. The number of aromatic nitrogens is 2. The Morgan fingerprint density at radius 2 is 2.25 bits per heavy atom. The quantitative estimate of drug-likeness (QED) is 0.926. The summed E-state index contributed by atoms with van der Waals surface area (Å²) in [4.78, 5) is 22.8. The number of nitrogens with zero attached hydrogens (tertiary/aromatic N) is 3. The van der Waals surface area contributed by atoms with E-state index in [1.54, 1.807) is 36.5 Å². The average molecular weight is 330 g/mol. The summed E-state index contributed by atoms with van der Waals surface area (Å²) in [6.45, 7) is 1.35. The van der Waals surface area contributed by atoms with E-state index in [1.807, 2.05) is 0 Å². The zero-order valence-electron chi connectivity index (χ0n) is 13.4. The number of hydrogen-bond donors (Lipinski definition) is 1. The lowest BCUT2D eigenvalue weighted by Gasteiger charge is -2.33. The summed E-state index contributed by atoms with van der Waals surface area (Å²) >= 11 is 0. The molecule has 1 fully saturated rings. The number of benzene rings is 1. The molecule has 7 heteroatoms. The highest BCUT2D eigenvalue weighted by molar-refractivity contribution is 5.79. The Balaban J connectivity index is 1.70. The van der Waals surface area contributed by atoms with Crippen molar-refractivity contribution in [3.8, 4) is 0 Å². The zero-order chi connectivity index (χ0) is 16.9. The number of hydrogen-bond acceptors (Lipinski definition) is 5. The van der Waals surface area contributed by atoms with Crippen LogP contribution in [0.1, 0.15) is 17.4 Å². The van der Waals surface area contributed by atoms with Gasteiger partial charge < -0.3 is 15.0 Å². The lowest BCUT2D eigenvalue weighted by molar-refractivity contribution is -0.138. The molecule has 1 saturated heterocycles. The maximum absolute atomic E-state index is 13.3. The number of carbonyl (C=O) groups is 1. The molecule has 0 radical (unpaired) electrons. The van der Waals surface area contributed by atoms with Crippen molar-refractivity contribution >= 4 is 11.7 Å². The zero-order valence-corrected chi connectivity index (χ0v) is 13.4. The molecule has 1 aromatic carbocycles. The SMILES string of the molecule is CNc1nccnc1[C@@H]1CN(C(=O)Cc2cccc(F)c2)CCO1. The second-order valence-electron chi connectivity index (χ2n) is 5.55. The van der Waals surface area contributed by atoms with Crippen molar-refractivity contribution in [3.63, 3.8) is 0 Å². The molecule has 1 atom stereocenters. The molecule has 0 bridgehead atoms. The van der Waals surface area contributed by atoms with E-state index < -0.39 is 0 Å². The highest BCUT2D eigenvalue weighted by Gasteiger charge is 2.28. The van der Waals surface area contributed by atoms with E-state index in [0.717, 1.165) is 0 Å². The van der Waals surface area contributed by atoms with Gasteiger partial charge in [-0.25, -0.2) is 9.37 Å². The van der Waals surface area contributed by atoms with E-state index in [1.165, 1.54) is 12.1 Å². The van der Waals surface area contributed by atoms with Gasteiger partial charge in [-0.2, -0.15) is 0 Å². The van der Waals surface area contributed by atoms with E-state index in [4.69, 9.17) is 4.74 Å². The Morgan fingerprint density at radius 3 is 3.04 bits per heavy atom. The van der Waals surface area contributed by atoms with Crippen LogP contribution in [0.3, 0.4) is 0 Å². The predicted octanol–water partition coefficient (Wildman–Crippen LogP) is 1.80. The maximum atomic E-state index is 13.3. The molecule has 0 aliphatic carbocycles. The smallest absolute Gasteiger partial charge is 0.227 e. The number of anilines is 1. The van der Waals surface area contributed by atoms with Crippen molar-refractivity contribution in [2.75, 3.05) is 32.1 Å². The van der Waals surface area contributed by atoms with Gasteiger partial charge in [-0.05, 0) is 17.7 Å². The molecule has 0 unspecified atom stereocenters. The first kappa shape index (κ1) is 16.3. The number of carbonyl (C=O) groups excluding carboxylic acids is 1. The largest absolute Gasteiger partial charge is 0.372 e. The molecule has 1 amide bonds. The van der Waals surface area contributed by atoms with Gasteiger partial charge in [-0.15, -0.1) is 0 Å². The summed E-state index contributed by atoms with van der Waals surface area (Å²) in [5.41, 5.74) is 1.35.